The van der Waals surface area contributed by atoms with Gasteiger partial charge in [-0.1, -0.05) is 12.1 Å². The van der Waals surface area contributed by atoms with Gasteiger partial charge in [-0.2, -0.15) is 0 Å². The highest BCUT2D eigenvalue weighted by Crippen LogP contribution is 2.23. The molecule has 2 heterocycles. The van der Waals surface area contributed by atoms with E-state index in [4.69, 9.17) is 4.74 Å². The van der Waals surface area contributed by atoms with Gasteiger partial charge in [0.25, 0.3) is 0 Å². The van der Waals surface area contributed by atoms with E-state index < -0.39 is 0 Å². The van der Waals surface area contributed by atoms with Crippen molar-refractivity contribution >= 4 is 11.3 Å². The zero-order valence-corrected chi connectivity index (χ0v) is 15.3. The topological polar surface area (TPSA) is 35.9 Å². The molecule has 0 amide bonds. The van der Waals surface area contributed by atoms with E-state index in [-0.39, 0.29) is 12.4 Å². The highest BCUT2D eigenvalue weighted by Gasteiger charge is 2.27. The van der Waals surface area contributed by atoms with E-state index in [1.807, 2.05) is 6.07 Å². The molecule has 1 fully saturated rings. The number of benzene rings is 1. The van der Waals surface area contributed by atoms with Crippen LogP contribution in [0.15, 0.2) is 35.7 Å². The summed E-state index contributed by atoms with van der Waals surface area (Å²) in [6.45, 7) is 4.76. The predicted molar refractivity (Wildman–Crippen MR) is 98.4 cm³/mol. The number of aliphatic hydroxyl groups is 1. The Morgan fingerprint density at radius 1 is 1.28 bits per heavy atom. The van der Waals surface area contributed by atoms with E-state index in [1.165, 1.54) is 18.1 Å². The Kier molecular flexibility index (Phi) is 6.42. The molecule has 136 valence electrons. The van der Waals surface area contributed by atoms with Crippen molar-refractivity contribution < 1.29 is 14.2 Å². The third-order valence-corrected chi connectivity index (χ3v) is 5.57. The number of hydrogen-bond donors (Lipinski definition) is 1. The summed E-state index contributed by atoms with van der Waals surface area (Å²) in [7, 11) is 1.49. The zero-order valence-electron chi connectivity index (χ0n) is 14.5. The van der Waals surface area contributed by atoms with Crippen LogP contribution in [0.25, 0.3) is 0 Å². The number of piperazine rings is 1. The molecule has 6 heteroatoms. The SMILES string of the molecule is COc1cc(CN2CCN(Cc3cccs3)C(CCO)C2)ccc1F. The second-order valence-corrected chi connectivity index (χ2v) is 7.45. The molecule has 1 saturated heterocycles. The van der Waals surface area contributed by atoms with Crippen LogP contribution >= 0.6 is 11.3 Å². The van der Waals surface area contributed by atoms with Gasteiger partial charge in [0.2, 0.25) is 0 Å². The number of hydrogen-bond acceptors (Lipinski definition) is 5. The van der Waals surface area contributed by atoms with Gasteiger partial charge in [-0.25, -0.2) is 4.39 Å². The maximum absolute atomic E-state index is 13.6. The van der Waals surface area contributed by atoms with Crippen molar-refractivity contribution in [3.8, 4) is 5.75 Å². The highest BCUT2D eigenvalue weighted by molar-refractivity contribution is 7.09. The van der Waals surface area contributed by atoms with E-state index >= 15 is 0 Å². The minimum absolute atomic E-state index is 0.198. The van der Waals surface area contributed by atoms with Crippen LogP contribution in [-0.4, -0.2) is 54.3 Å². The standard InChI is InChI=1S/C19H25FN2O2S/c1-24-19-11-15(4-5-18(19)20)12-21-7-8-22(16(13-21)6-9-23)14-17-3-2-10-25-17/h2-5,10-11,16,23H,6-9,12-14H2,1H3. The molecule has 25 heavy (non-hydrogen) atoms. The quantitative estimate of drug-likeness (QED) is 0.819. The Balaban J connectivity index is 1.63. The fourth-order valence-electron chi connectivity index (χ4n) is 3.40. The molecule has 0 bridgehead atoms. The first-order chi connectivity index (χ1) is 12.2. The Bertz CT molecular complexity index is 665. The number of rotatable bonds is 7. The molecule has 1 unspecified atom stereocenters. The Morgan fingerprint density at radius 3 is 2.88 bits per heavy atom. The van der Waals surface area contributed by atoms with Crippen LogP contribution in [0.4, 0.5) is 4.39 Å². The first-order valence-electron chi connectivity index (χ1n) is 8.61. The fraction of sp³-hybridized carbons (Fsp3) is 0.474. The van der Waals surface area contributed by atoms with Crippen LogP contribution in [-0.2, 0) is 13.1 Å². The summed E-state index contributed by atoms with van der Waals surface area (Å²) in [5.41, 5.74) is 1.05. The van der Waals surface area contributed by atoms with Crippen LogP contribution < -0.4 is 4.74 Å². The summed E-state index contributed by atoms with van der Waals surface area (Å²) >= 11 is 1.78. The average molecular weight is 364 g/mol. The third kappa shape index (κ3) is 4.79. The van der Waals surface area contributed by atoms with Crippen molar-refractivity contribution in [2.75, 3.05) is 33.4 Å². The van der Waals surface area contributed by atoms with Gasteiger partial charge in [-0.15, -0.1) is 11.3 Å². The molecule has 0 saturated carbocycles. The monoisotopic (exact) mass is 364 g/mol. The maximum Gasteiger partial charge on any atom is 0.165 e. The Morgan fingerprint density at radius 2 is 2.16 bits per heavy atom. The van der Waals surface area contributed by atoms with E-state index in [9.17, 15) is 9.50 Å². The second-order valence-electron chi connectivity index (χ2n) is 6.42. The minimum atomic E-state index is -0.329. The van der Waals surface area contributed by atoms with Gasteiger partial charge < -0.3 is 9.84 Å². The van der Waals surface area contributed by atoms with Crippen molar-refractivity contribution in [1.82, 2.24) is 9.80 Å². The third-order valence-electron chi connectivity index (χ3n) is 4.71. The lowest BCUT2D eigenvalue weighted by molar-refractivity contribution is 0.0506. The summed E-state index contributed by atoms with van der Waals surface area (Å²) in [5, 5.41) is 11.5. The number of nitrogens with zero attached hydrogens (tertiary/aromatic N) is 2. The number of methoxy groups -OCH3 is 1. The Labute approximate surface area is 152 Å². The molecule has 1 aromatic heterocycles. The van der Waals surface area contributed by atoms with Gasteiger partial charge in [0.05, 0.1) is 7.11 Å². The lowest BCUT2D eigenvalue weighted by atomic mass is 10.1. The Hall–Kier alpha value is -1.47. The van der Waals surface area contributed by atoms with Gasteiger partial charge in [0.1, 0.15) is 0 Å². The summed E-state index contributed by atoms with van der Waals surface area (Å²) < 4.78 is 18.6. The molecular formula is C19H25FN2O2S. The zero-order chi connectivity index (χ0) is 17.6. The number of halogens is 1. The van der Waals surface area contributed by atoms with Crippen LogP contribution in [0.1, 0.15) is 16.9 Å². The first-order valence-corrected chi connectivity index (χ1v) is 9.49. The molecular weight excluding hydrogens is 339 g/mol. The molecule has 0 spiro atoms. The first kappa shape index (κ1) is 18.3. The maximum atomic E-state index is 13.6. The molecule has 1 N–H and O–H groups in total. The summed E-state index contributed by atoms with van der Waals surface area (Å²) in [6.07, 6.45) is 0.772. The molecule has 4 nitrogen and oxygen atoms in total. The van der Waals surface area contributed by atoms with Crippen molar-refractivity contribution in [3.05, 3.63) is 52.0 Å². The van der Waals surface area contributed by atoms with Crippen molar-refractivity contribution in [1.29, 1.82) is 0 Å². The summed E-state index contributed by atoms with van der Waals surface area (Å²) in [4.78, 5) is 6.20. The van der Waals surface area contributed by atoms with Gasteiger partial charge in [0.15, 0.2) is 11.6 Å². The van der Waals surface area contributed by atoms with Gasteiger partial charge in [-0.05, 0) is 35.6 Å². The van der Waals surface area contributed by atoms with Crippen LogP contribution in [0.5, 0.6) is 5.75 Å². The lowest BCUT2D eigenvalue weighted by Crippen LogP contribution is -2.52. The summed E-state index contributed by atoms with van der Waals surface area (Å²) in [5.74, 6) is -0.0362. The van der Waals surface area contributed by atoms with E-state index in [1.54, 1.807) is 17.4 Å². The molecule has 0 radical (unpaired) electrons. The molecule has 0 aliphatic carbocycles. The van der Waals surface area contributed by atoms with E-state index in [0.717, 1.165) is 44.7 Å². The predicted octanol–water partition coefficient (Wildman–Crippen LogP) is 2.96. The van der Waals surface area contributed by atoms with E-state index in [2.05, 4.69) is 27.3 Å². The van der Waals surface area contributed by atoms with E-state index in [0.29, 0.717) is 11.8 Å². The molecule has 2 aromatic rings. The van der Waals surface area contributed by atoms with Crippen molar-refractivity contribution in [2.24, 2.45) is 0 Å². The number of aliphatic hydroxyl groups excluding tert-OH is 1. The van der Waals surface area contributed by atoms with Crippen LogP contribution in [0, 0.1) is 5.82 Å². The molecule has 1 atom stereocenters. The minimum Gasteiger partial charge on any atom is -0.494 e. The fourth-order valence-corrected chi connectivity index (χ4v) is 4.12. The molecule has 1 aliphatic rings. The van der Waals surface area contributed by atoms with Crippen LogP contribution in [0.2, 0.25) is 0 Å². The van der Waals surface area contributed by atoms with Crippen LogP contribution in [0.3, 0.4) is 0 Å². The number of ether oxygens (including phenoxy) is 1. The smallest absolute Gasteiger partial charge is 0.165 e. The van der Waals surface area contributed by atoms with Gasteiger partial charge in [0, 0.05) is 50.2 Å². The second kappa shape index (κ2) is 8.76. The largest absolute Gasteiger partial charge is 0.494 e. The van der Waals surface area contributed by atoms with Crippen molar-refractivity contribution in [3.63, 3.8) is 0 Å². The van der Waals surface area contributed by atoms with Gasteiger partial charge >= 0.3 is 0 Å². The van der Waals surface area contributed by atoms with Crippen molar-refractivity contribution in [2.45, 2.75) is 25.6 Å². The highest BCUT2D eigenvalue weighted by atomic mass is 32.1. The molecule has 1 aliphatic heterocycles. The summed E-state index contributed by atoms with van der Waals surface area (Å²) in [6, 6.07) is 9.64. The molecule has 1 aromatic carbocycles. The average Bonchev–Trinajstić information content (AvgIpc) is 3.12. The van der Waals surface area contributed by atoms with Gasteiger partial charge in [-0.3, -0.25) is 9.80 Å². The normalized spacial score (nSPS) is 19.2. The molecule has 3 rings (SSSR count). The number of thiophene rings is 1. The lowest BCUT2D eigenvalue weighted by Gasteiger charge is -2.41.